The Kier molecular flexibility index (Phi) is 4.30. The highest BCUT2D eigenvalue weighted by Crippen LogP contribution is 2.33. The van der Waals surface area contributed by atoms with E-state index in [4.69, 9.17) is 10.1 Å². The second kappa shape index (κ2) is 6.53. The van der Waals surface area contributed by atoms with Gasteiger partial charge in [-0.3, -0.25) is 0 Å². The minimum absolute atomic E-state index is 0.0782. The van der Waals surface area contributed by atoms with Gasteiger partial charge in [0.1, 0.15) is 12.2 Å². The van der Waals surface area contributed by atoms with E-state index in [2.05, 4.69) is 9.97 Å². The molecule has 1 aliphatic rings. The Hall–Kier alpha value is -2.61. The van der Waals surface area contributed by atoms with Gasteiger partial charge in [0.2, 0.25) is 0 Å². The summed E-state index contributed by atoms with van der Waals surface area (Å²) in [6.45, 7) is 3.96. The number of nitrogens with zero attached hydrogens (tertiary/aromatic N) is 5. The molecule has 0 aliphatic carbocycles. The van der Waals surface area contributed by atoms with Crippen molar-refractivity contribution in [1.82, 2.24) is 24.7 Å². The first-order chi connectivity index (χ1) is 12.9. The van der Waals surface area contributed by atoms with E-state index >= 15 is 0 Å². The van der Waals surface area contributed by atoms with Crippen LogP contribution in [0.1, 0.15) is 30.3 Å². The lowest BCUT2D eigenvalue weighted by atomic mass is 10.0. The quantitative estimate of drug-likeness (QED) is 0.686. The van der Waals surface area contributed by atoms with Crippen molar-refractivity contribution in [2.45, 2.75) is 32.2 Å². The van der Waals surface area contributed by atoms with Crippen LogP contribution in [0.3, 0.4) is 0 Å². The van der Waals surface area contributed by atoms with Crippen LogP contribution in [0.2, 0.25) is 0 Å². The van der Waals surface area contributed by atoms with E-state index in [-0.39, 0.29) is 11.5 Å². The topological polar surface area (TPSA) is 90.6 Å². The molecule has 0 spiro atoms. The average molecular weight is 383 g/mol. The lowest BCUT2D eigenvalue weighted by Crippen LogP contribution is -2.34. The number of hydrogen-bond acceptors (Lipinski definition) is 6. The zero-order chi connectivity index (χ0) is 19.1. The summed E-state index contributed by atoms with van der Waals surface area (Å²) < 4.78 is 26.1. The Bertz CT molecular complexity index is 1080. The number of aryl methyl sites for hydroxylation is 1. The van der Waals surface area contributed by atoms with E-state index in [0.29, 0.717) is 18.7 Å². The predicted octanol–water partition coefficient (Wildman–Crippen LogP) is 2.17. The van der Waals surface area contributed by atoms with Crippen LogP contribution >= 0.6 is 0 Å². The molecule has 1 aliphatic heterocycles. The molecule has 0 radical (unpaired) electrons. The van der Waals surface area contributed by atoms with Crippen LogP contribution in [-0.4, -0.2) is 44.7 Å². The van der Waals surface area contributed by atoms with Crippen molar-refractivity contribution in [3.8, 4) is 11.4 Å². The molecular weight excluding hydrogens is 362 g/mol. The highest BCUT2D eigenvalue weighted by molar-refractivity contribution is 7.91. The molecule has 1 unspecified atom stereocenters. The van der Waals surface area contributed by atoms with Crippen LogP contribution in [0.5, 0.6) is 0 Å². The normalized spacial score (nSPS) is 21.4. The van der Waals surface area contributed by atoms with Crippen LogP contribution in [0.15, 0.2) is 43.0 Å². The molecule has 7 nitrogen and oxygen atoms in total. The minimum atomic E-state index is -3.07. The largest absolute Gasteiger partial charge is 0.245 e. The fraction of sp³-hybridized carbons (Fsp3) is 0.368. The smallest absolute Gasteiger partial charge is 0.181 e. The highest BCUT2D eigenvalue weighted by Gasteiger charge is 2.42. The molecule has 4 rings (SSSR count). The average Bonchev–Trinajstić information content (AvgIpc) is 3.18. The van der Waals surface area contributed by atoms with Crippen LogP contribution in [0, 0.1) is 6.92 Å². The molecule has 1 atom stereocenters. The van der Waals surface area contributed by atoms with Gasteiger partial charge in [0.05, 0.1) is 17.0 Å². The lowest BCUT2D eigenvalue weighted by Gasteiger charge is -2.24. The summed E-state index contributed by atoms with van der Waals surface area (Å²) in [5.41, 5.74) is 2.34. The van der Waals surface area contributed by atoms with Crippen LogP contribution in [0.4, 0.5) is 0 Å². The van der Waals surface area contributed by atoms with Crippen molar-refractivity contribution in [2.24, 2.45) is 0 Å². The molecule has 0 bridgehead atoms. The summed E-state index contributed by atoms with van der Waals surface area (Å²) in [6.07, 6.45) is 6.00. The summed E-state index contributed by atoms with van der Waals surface area (Å²) in [7, 11) is -3.07. The van der Waals surface area contributed by atoms with Gasteiger partial charge in [-0.2, -0.15) is 5.10 Å². The van der Waals surface area contributed by atoms with Crippen molar-refractivity contribution in [1.29, 1.82) is 0 Å². The summed E-state index contributed by atoms with van der Waals surface area (Å²) in [6, 6.07) is 7.93. The highest BCUT2D eigenvalue weighted by atomic mass is 32.2. The summed E-state index contributed by atoms with van der Waals surface area (Å²) in [5.74, 6) is 1.60. The fourth-order valence-corrected chi connectivity index (χ4v) is 5.70. The van der Waals surface area contributed by atoms with Gasteiger partial charge in [0, 0.05) is 24.4 Å². The van der Waals surface area contributed by atoms with Gasteiger partial charge in [0.25, 0.3) is 0 Å². The zero-order valence-electron chi connectivity index (χ0n) is 15.3. The fourth-order valence-electron chi connectivity index (χ4n) is 3.59. The third-order valence-electron chi connectivity index (χ3n) is 5.03. The molecule has 3 aromatic rings. The summed E-state index contributed by atoms with van der Waals surface area (Å²) in [5, 5.41) is 4.76. The Morgan fingerprint density at radius 2 is 1.93 bits per heavy atom. The molecule has 0 saturated carbocycles. The standard InChI is InChI=1S/C19H21N5O2S/c1-14-5-3-4-6-16(14)18-22-17(9-15-10-20-13-21-11-15)24(23-18)19(2)7-8-27(25,26)12-19/h3-6,10-11,13H,7-9,12H2,1-2H3. The number of aromatic nitrogens is 5. The van der Waals surface area contributed by atoms with Crippen molar-refractivity contribution < 1.29 is 8.42 Å². The van der Waals surface area contributed by atoms with E-state index in [9.17, 15) is 8.42 Å². The predicted molar refractivity (Wildman–Crippen MR) is 102 cm³/mol. The lowest BCUT2D eigenvalue weighted by molar-refractivity contribution is 0.318. The van der Waals surface area contributed by atoms with Gasteiger partial charge in [-0.25, -0.2) is 28.1 Å². The van der Waals surface area contributed by atoms with E-state index in [1.54, 1.807) is 12.4 Å². The third-order valence-corrected chi connectivity index (χ3v) is 6.92. The molecule has 0 N–H and O–H groups in total. The monoisotopic (exact) mass is 383 g/mol. The Morgan fingerprint density at radius 1 is 1.19 bits per heavy atom. The van der Waals surface area contributed by atoms with E-state index in [1.165, 1.54) is 6.33 Å². The van der Waals surface area contributed by atoms with E-state index in [1.807, 2.05) is 42.8 Å². The van der Waals surface area contributed by atoms with Crippen molar-refractivity contribution in [3.63, 3.8) is 0 Å². The molecular formula is C19H21N5O2S. The molecule has 8 heteroatoms. The second-order valence-corrected chi connectivity index (χ2v) is 9.52. The molecule has 140 valence electrons. The summed E-state index contributed by atoms with van der Waals surface area (Å²) >= 11 is 0. The van der Waals surface area contributed by atoms with Crippen molar-refractivity contribution >= 4 is 9.84 Å². The van der Waals surface area contributed by atoms with Gasteiger partial charge in [-0.1, -0.05) is 24.3 Å². The Balaban J connectivity index is 1.82. The number of sulfone groups is 1. The Morgan fingerprint density at radius 3 is 2.59 bits per heavy atom. The number of rotatable bonds is 4. The maximum atomic E-state index is 12.1. The molecule has 0 amide bonds. The van der Waals surface area contributed by atoms with E-state index in [0.717, 1.165) is 22.5 Å². The molecule has 27 heavy (non-hydrogen) atoms. The van der Waals surface area contributed by atoms with Gasteiger partial charge in [-0.15, -0.1) is 0 Å². The van der Waals surface area contributed by atoms with Crippen LogP contribution < -0.4 is 0 Å². The first-order valence-electron chi connectivity index (χ1n) is 8.83. The second-order valence-electron chi connectivity index (χ2n) is 7.34. The summed E-state index contributed by atoms with van der Waals surface area (Å²) in [4.78, 5) is 12.9. The van der Waals surface area contributed by atoms with Gasteiger partial charge >= 0.3 is 0 Å². The molecule has 2 aromatic heterocycles. The van der Waals surface area contributed by atoms with Crippen LogP contribution in [-0.2, 0) is 21.8 Å². The zero-order valence-corrected chi connectivity index (χ0v) is 16.1. The SMILES string of the molecule is Cc1ccccc1-c1nc(Cc2cncnc2)n(C2(C)CCS(=O)(=O)C2)n1. The van der Waals surface area contributed by atoms with Gasteiger partial charge in [-0.05, 0) is 31.4 Å². The van der Waals surface area contributed by atoms with Gasteiger partial charge in [0.15, 0.2) is 15.7 Å². The van der Waals surface area contributed by atoms with E-state index < -0.39 is 15.4 Å². The molecule has 1 aromatic carbocycles. The first-order valence-corrected chi connectivity index (χ1v) is 10.7. The molecule has 1 saturated heterocycles. The number of hydrogen-bond donors (Lipinski definition) is 0. The van der Waals surface area contributed by atoms with Crippen molar-refractivity contribution in [2.75, 3.05) is 11.5 Å². The number of benzene rings is 1. The maximum Gasteiger partial charge on any atom is 0.181 e. The van der Waals surface area contributed by atoms with Crippen molar-refractivity contribution in [3.05, 3.63) is 59.9 Å². The Labute approximate surface area is 158 Å². The van der Waals surface area contributed by atoms with Gasteiger partial charge < -0.3 is 0 Å². The third kappa shape index (κ3) is 3.49. The minimum Gasteiger partial charge on any atom is -0.245 e. The molecule has 1 fully saturated rings. The first kappa shape index (κ1) is 17.8. The van der Waals surface area contributed by atoms with Crippen LogP contribution in [0.25, 0.3) is 11.4 Å². The maximum absolute atomic E-state index is 12.1. The molecule has 3 heterocycles.